The van der Waals surface area contributed by atoms with Crippen molar-refractivity contribution in [1.29, 1.82) is 0 Å². The molecule has 0 spiro atoms. The first-order valence-electron chi connectivity index (χ1n) is 7.34. The van der Waals surface area contributed by atoms with Gasteiger partial charge >= 0.3 is 0 Å². The molecule has 3 rings (SSSR count). The van der Waals surface area contributed by atoms with E-state index in [9.17, 15) is 5.11 Å². The molecule has 2 atom stereocenters. The molecule has 0 fully saturated rings. The first-order chi connectivity index (χ1) is 10.3. The maximum Gasteiger partial charge on any atom is 0.122 e. The summed E-state index contributed by atoms with van der Waals surface area (Å²) in [6.07, 6.45) is 1.72. The normalized spacial score (nSPS) is 18.1. The Morgan fingerprint density at radius 3 is 2.71 bits per heavy atom. The molecule has 0 saturated heterocycles. The molecule has 2 nitrogen and oxygen atoms in total. The fourth-order valence-corrected chi connectivity index (χ4v) is 3.24. The van der Waals surface area contributed by atoms with Crippen LogP contribution < -0.4 is 4.74 Å². The van der Waals surface area contributed by atoms with Crippen molar-refractivity contribution in [3.8, 4) is 5.75 Å². The summed E-state index contributed by atoms with van der Waals surface area (Å²) in [5, 5.41) is 10.5. The average molecular weight is 303 g/mol. The maximum absolute atomic E-state index is 9.70. The second-order valence-corrected chi connectivity index (χ2v) is 6.03. The highest BCUT2D eigenvalue weighted by atomic mass is 35.5. The quantitative estimate of drug-likeness (QED) is 0.902. The van der Waals surface area contributed by atoms with E-state index in [1.165, 1.54) is 5.56 Å². The Morgan fingerprint density at radius 2 is 1.90 bits per heavy atom. The van der Waals surface area contributed by atoms with E-state index in [1.807, 2.05) is 42.5 Å². The summed E-state index contributed by atoms with van der Waals surface area (Å²) < 4.78 is 5.72. The molecule has 0 aliphatic carbocycles. The van der Waals surface area contributed by atoms with Crippen molar-refractivity contribution in [3.05, 3.63) is 64.7 Å². The van der Waals surface area contributed by atoms with Crippen molar-refractivity contribution >= 4 is 11.6 Å². The van der Waals surface area contributed by atoms with Crippen LogP contribution in [-0.4, -0.2) is 18.3 Å². The third-order valence-corrected chi connectivity index (χ3v) is 4.51. The molecule has 21 heavy (non-hydrogen) atoms. The van der Waals surface area contributed by atoms with Crippen molar-refractivity contribution in [3.63, 3.8) is 0 Å². The summed E-state index contributed by atoms with van der Waals surface area (Å²) in [7, 11) is 0. The summed E-state index contributed by atoms with van der Waals surface area (Å²) in [5.74, 6) is 1.54. The molecule has 2 unspecified atom stereocenters. The minimum atomic E-state index is 0.171. The van der Waals surface area contributed by atoms with Crippen molar-refractivity contribution in [2.45, 2.75) is 18.8 Å². The number of ether oxygens (including phenoxy) is 1. The van der Waals surface area contributed by atoms with Gasteiger partial charge < -0.3 is 9.84 Å². The lowest BCUT2D eigenvalue weighted by molar-refractivity contribution is 0.203. The predicted octanol–water partition coefficient (Wildman–Crippen LogP) is 4.06. The number of para-hydroxylation sites is 1. The van der Waals surface area contributed by atoms with Gasteiger partial charge in [0, 0.05) is 23.1 Å². The van der Waals surface area contributed by atoms with Crippen LogP contribution in [0.25, 0.3) is 0 Å². The van der Waals surface area contributed by atoms with E-state index in [0.29, 0.717) is 12.5 Å². The molecular formula is C18H19ClO2. The van der Waals surface area contributed by atoms with Crippen LogP contribution in [0.2, 0.25) is 5.02 Å². The zero-order valence-electron chi connectivity index (χ0n) is 11.8. The van der Waals surface area contributed by atoms with E-state index in [-0.39, 0.29) is 12.5 Å². The lowest BCUT2D eigenvalue weighted by Gasteiger charge is -2.18. The highest BCUT2D eigenvalue weighted by Gasteiger charge is 2.26. The fraction of sp³-hybridized carbons (Fsp3) is 0.333. The third-order valence-electron chi connectivity index (χ3n) is 4.14. The van der Waals surface area contributed by atoms with Gasteiger partial charge in [-0.2, -0.15) is 0 Å². The Bertz CT molecular complexity index is 612. The number of fused-ring (bicyclic) bond motifs is 1. The van der Waals surface area contributed by atoms with Gasteiger partial charge in [0.05, 0.1) is 6.61 Å². The Morgan fingerprint density at radius 1 is 1.14 bits per heavy atom. The zero-order valence-corrected chi connectivity index (χ0v) is 12.6. The fourth-order valence-electron chi connectivity index (χ4n) is 3.02. The molecule has 1 N–H and O–H groups in total. The number of rotatable bonds is 5. The van der Waals surface area contributed by atoms with E-state index in [2.05, 4.69) is 6.07 Å². The summed E-state index contributed by atoms with van der Waals surface area (Å²) >= 11 is 6.22. The molecular weight excluding hydrogens is 284 g/mol. The SMILES string of the molecule is OCC(Cc1ccccc1Cl)CC1COc2ccccc21. The average Bonchev–Trinajstić information content (AvgIpc) is 2.92. The number of benzene rings is 2. The Kier molecular flexibility index (Phi) is 4.47. The lowest BCUT2D eigenvalue weighted by Crippen LogP contribution is -2.15. The summed E-state index contributed by atoms with van der Waals surface area (Å²) in [6, 6.07) is 16.0. The van der Waals surface area contributed by atoms with Crippen LogP contribution in [-0.2, 0) is 6.42 Å². The maximum atomic E-state index is 9.70. The van der Waals surface area contributed by atoms with Gasteiger partial charge in [-0.3, -0.25) is 0 Å². The number of hydrogen-bond acceptors (Lipinski definition) is 2. The molecule has 0 aromatic heterocycles. The topological polar surface area (TPSA) is 29.5 Å². The second kappa shape index (κ2) is 6.50. The third kappa shape index (κ3) is 3.22. The van der Waals surface area contributed by atoms with Gasteiger partial charge in [0.15, 0.2) is 0 Å². The highest BCUT2D eigenvalue weighted by molar-refractivity contribution is 6.31. The number of aliphatic hydroxyl groups is 1. The van der Waals surface area contributed by atoms with Crippen LogP contribution in [0.5, 0.6) is 5.75 Å². The van der Waals surface area contributed by atoms with E-state index in [1.54, 1.807) is 0 Å². The van der Waals surface area contributed by atoms with Crippen LogP contribution in [0.1, 0.15) is 23.5 Å². The highest BCUT2D eigenvalue weighted by Crippen LogP contribution is 2.38. The summed E-state index contributed by atoms with van der Waals surface area (Å²) in [5.41, 5.74) is 2.36. The van der Waals surface area contributed by atoms with Crippen LogP contribution in [0.3, 0.4) is 0 Å². The molecule has 110 valence electrons. The molecule has 1 aliphatic heterocycles. The number of aliphatic hydroxyl groups excluding tert-OH is 1. The molecule has 0 amide bonds. The van der Waals surface area contributed by atoms with Gasteiger partial charge in [0.2, 0.25) is 0 Å². The largest absolute Gasteiger partial charge is 0.493 e. The van der Waals surface area contributed by atoms with Crippen LogP contribution in [0, 0.1) is 5.92 Å². The van der Waals surface area contributed by atoms with Gasteiger partial charge in [0.1, 0.15) is 5.75 Å². The van der Waals surface area contributed by atoms with E-state index < -0.39 is 0 Å². The summed E-state index contributed by atoms with van der Waals surface area (Å²) in [6.45, 7) is 0.877. The molecule has 0 radical (unpaired) electrons. The molecule has 0 bridgehead atoms. The lowest BCUT2D eigenvalue weighted by atomic mass is 9.87. The van der Waals surface area contributed by atoms with Gasteiger partial charge in [0.25, 0.3) is 0 Å². The minimum absolute atomic E-state index is 0.171. The van der Waals surface area contributed by atoms with Gasteiger partial charge in [-0.1, -0.05) is 48.0 Å². The molecule has 0 saturated carbocycles. The standard InChI is InChI=1S/C18H19ClO2/c19-17-7-3-1-5-14(17)9-13(11-20)10-15-12-21-18-8-4-2-6-16(15)18/h1-8,13,15,20H,9-12H2. The Hall–Kier alpha value is -1.51. The van der Waals surface area contributed by atoms with Gasteiger partial charge in [-0.15, -0.1) is 0 Å². The van der Waals surface area contributed by atoms with Gasteiger partial charge in [-0.25, -0.2) is 0 Å². The van der Waals surface area contributed by atoms with Crippen LogP contribution in [0.4, 0.5) is 0 Å². The van der Waals surface area contributed by atoms with Crippen molar-refractivity contribution < 1.29 is 9.84 Å². The molecule has 2 aromatic carbocycles. The van der Waals surface area contributed by atoms with Crippen molar-refractivity contribution in [1.82, 2.24) is 0 Å². The second-order valence-electron chi connectivity index (χ2n) is 5.63. The summed E-state index contributed by atoms with van der Waals surface area (Å²) in [4.78, 5) is 0. The van der Waals surface area contributed by atoms with E-state index in [4.69, 9.17) is 16.3 Å². The molecule has 1 heterocycles. The van der Waals surface area contributed by atoms with Crippen molar-refractivity contribution in [2.24, 2.45) is 5.92 Å². The van der Waals surface area contributed by atoms with Crippen LogP contribution >= 0.6 is 11.6 Å². The van der Waals surface area contributed by atoms with Crippen LogP contribution in [0.15, 0.2) is 48.5 Å². The first-order valence-corrected chi connectivity index (χ1v) is 7.71. The Labute approximate surface area is 130 Å². The molecule has 3 heteroatoms. The minimum Gasteiger partial charge on any atom is -0.493 e. The van der Waals surface area contributed by atoms with Gasteiger partial charge in [-0.05, 0) is 36.5 Å². The Balaban J connectivity index is 1.70. The zero-order chi connectivity index (χ0) is 14.7. The predicted molar refractivity (Wildman–Crippen MR) is 85.0 cm³/mol. The van der Waals surface area contributed by atoms with Crippen molar-refractivity contribution in [2.75, 3.05) is 13.2 Å². The smallest absolute Gasteiger partial charge is 0.122 e. The number of halogens is 1. The van der Waals surface area contributed by atoms with E-state index >= 15 is 0 Å². The monoisotopic (exact) mass is 302 g/mol. The first kappa shape index (κ1) is 14.4. The van der Waals surface area contributed by atoms with E-state index in [0.717, 1.165) is 29.2 Å². The molecule has 2 aromatic rings. The molecule has 1 aliphatic rings. The number of hydrogen-bond donors (Lipinski definition) is 1.